The zero-order chi connectivity index (χ0) is 34.1. The van der Waals surface area contributed by atoms with Crippen LogP contribution in [-0.4, -0.2) is 43.7 Å². The molecule has 0 fully saturated rings. The van der Waals surface area contributed by atoms with Gasteiger partial charge in [-0.2, -0.15) is 35.1 Å². The average Bonchev–Trinajstić information content (AvgIpc) is 2.92. The molecule has 3 aromatic rings. The number of ketones is 1. The van der Waals surface area contributed by atoms with Crippen molar-refractivity contribution in [2.24, 2.45) is 0 Å². The Morgan fingerprint density at radius 3 is 2.02 bits per heavy atom. The number of alkyl halides is 9. The monoisotopic (exact) mass is 690 g/mol. The van der Waals surface area contributed by atoms with Gasteiger partial charge in [0, 0.05) is 22.6 Å². The molecule has 0 bridgehead atoms. The van der Waals surface area contributed by atoms with Gasteiger partial charge < -0.3 is 24.7 Å². The van der Waals surface area contributed by atoms with Gasteiger partial charge in [0.25, 0.3) is 5.91 Å². The number of Topliss-reactive ketones (excluding diaryl/α,β-unsaturated/α-hetero) is 1. The van der Waals surface area contributed by atoms with Crippen molar-refractivity contribution < 1.29 is 68.5 Å². The van der Waals surface area contributed by atoms with Gasteiger partial charge in [0.05, 0.1) is 34.9 Å². The van der Waals surface area contributed by atoms with Crippen LogP contribution in [-0.2, 0) is 12.1 Å². The number of amides is 1. The van der Waals surface area contributed by atoms with Crippen LogP contribution < -0.4 is 19.9 Å². The molecule has 0 spiro atoms. The molecule has 1 amide bonds. The van der Waals surface area contributed by atoms with E-state index >= 15 is 0 Å². The molecule has 242 valence electrons. The molecule has 0 aliphatic carbocycles. The van der Waals surface area contributed by atoms with Crippen molar-refractivity contribution in [1.82, 2.24) is 0 Å². The Morgan fingerprint density at radius 2 is 1.51 bits per heavy atom. The number of carbonyl (C=O) groups is 3. The van der Waals surface area contributed by atoms with E-state index in [1.54, 1.807) is 0 Å². The third-order valence-corrected chi connectivity index (χ3v) is 6.75. The van der Waals surface area contributed by atoms with E-state index in [1.807, 2.05) is 0 Å². The third kappa shape index (κ3) is 7.22. The van der Waals surface area contributed by atoms with Gasteiger partial charge in [-0.25, -0.2) is 4.39 Å². The Hall–Kier alpha value is -4.18. The van der Waals surface area contributed by atoms with Crippen molar-refractivity contribution in [2.75, 3.05) is 12.4 Å². The minimum Gasteiger partial charge on any atom is -0.545 e. The SMILES string of the molecule is COc1c(NC(=O)c2ccc(C(=O)[O-])cc2Cl)cccc1C(=O)Cc1c(Cl)cc(C(F)(C(F)(F)F)C(F)(F)F)cc1OC(F)F. The number of rotatable bonds is 10. The number of methoxy groups -OCH3 is 1. The smallest absolute Gasteiger partial charge is 0.435 e. The number of hydrogen-bond acceptors (Lipinski definition) is 6. The molecule has 0 atom stereocenters. The van der Waals surface area contributed by atoms with Gasteiger partial charge >= 0.3 is 24.6 Å². The van der Waals surface area contributed by atoms with Crippen molar-refractivity contribution in [2.45, 2.75) is 31.1 Å². The largest absolute Gasteiger partial charge is 0.545 e. The standard InChI is InChI=1S/C27H16Cl2F9NO6/c1-44-21-14(3-2-4-18(21)39-22(41)13-6-5-11(23(42)43)7-16(13)28)19(40)10-15-17(29)8-12(9-20(15)45-24(30)31)25(32,26(33,34)35)27(36,37)38/h2-9,24H,10H2,1H3,(H,39,41)(H,42,43)/p-1. The Morgan fingerprint density at radius 1 is 0.889 bits per heavy atom. The maximum Gasteiger partial charge on any atom is 0.435 e. The minimum atomic E-state index is -6.61. The molecule has 0 aliphatic rings. The van der Waals surface area contributed by atoms with E-state index in [2.05, 4.69) is 10.1 Å². The molecule has 0 aliphatic heterocycles. The summed E-state index contributed by atoms with van der Waals surface area (Å²) < 4.78 is 130. The lowest BCUT2D eigenvalue weighted by Crippen LogP contribution is -2.50. The highest BCUT2D eigenvalue weighted by molar-refractivity contribution is 6.35. The van der Waals surface area contributed by atoms with Crippen molar-refractivity contribution in [3.05, 3.63) is 86.4 Å². The molecule has 3 aromatic carbocycles. The van der Waals surface area contributed by atoms with Crippen molar-refractivity contribution >= 4 is 46.5 Å². The fourth-order valence-electron chi connectivity index (χ4n) is 4.02. The summed E-state index contributed by atoms with van der Waals surface area (Å²) >= 11 is 11.8. The number of carboxylic acid groups (broad SMARTS) is 1. The van der Waals surface area contributed by atoms with Gasteiger partial charge in [-0.1, -0.05) is 35.3 Å². The van der Waals surface area contributed by atoms with E-state index in [1.165, 1.54) is 12.1 Å². The molecule has 0 unspecified atom stereocenters. The number of benzene rings is 3. The van der Waals surface area contributed by atoms with Gasteiger partial charge in [0.1, 0.15) is 5.75 Å². The quantitative estimate of drug-likeness (QED) is 0.183. The number of nitrogens with one attached hydrogen (secondary N) is 1. The maximum atomic E-state index is 14.6. The summed E-state index contributed by atoms with van der Waals surface area (Å²) in [5, 5.41) is 11.9. The lowest BCUT2D eigenvalue weighted by molar-refractivity contribution is -0.348. The Kier molecular flexibility index (Phi) is 10.2. The molecule has 3 rings (SSSR count). The minimum absolute atomic E-state index is 0.118. The second-order valence-corrected chi connectivity index (χ2v) is 9.70. The molecule has 7 nitrogen and oxygen atoms in total. The van der Waals surface area contributed by atoms with Crippen LogP contribution in [0.2, 0.25) is 10.0 Å². The van der Waals surface area contributed by atoms with E-state index in [-0.39, 0.29) is 45.3 Å². The number of carbonyl (C=O) groups excluding carboxylic acids is 3. The molecule has 0 radical (unpaired) electrons. The zero-order valence-electron chi connectivity index (χ0n) is 22.0. The van der Waals surface area contributed by atoms with Crippen molar-refractivity contribution in [3.63, 3.8) is 0 Å². The summed E-state index contributed by atoms with van der Waals surface area (Å²) in [6, 6.07) is 6.16. The van der Waals surface area contributed by atoms with E-state index in [0.717, 1.165) is 31.4 Å². The van der Waals surface area contributed by atoms with Gasteiger partial charge in [0.2, 0.25) is 0 Å². The molecule has 0 aromatic heterocycles. The first-order valence-electron chi connectivity index (χ1n) is 11.8. The zero-order valence-corrected chi connectivity index (χ0v) is 23.5. The van der Waals surface area contributed by atoms with Crippen molar-refractivity contribution in [3.8, 4) is 11.5 Å². The van der Waals surface area contributed by atoms with Gasteiger partial charge in [-0.3, -0.25) is 9.59 Å². The Bertz CT molecular complexity index is 1630. The van der Waals surface area contributed by atoms with Gasteiger partial charge in [-0.05, 0) is 42.0 Å². The topological polar surface area (TPSA) is 105 Å². The van der Waals surface area contributed by atoms with E-state index < -0.39 is 70.6 Å². The second kappa shape index (κ2) is 13.0. The third-order valence-electron chi connectivity index (χ3n) is 6.10. The van der Waals surface area contributed by atoms with Gasteiger partial charge in [-0.15, -0.1) is 0 Å². The van der Waals surface area contributed by atoms with Gasteiger partial charge in [0.15, 0.2) is 11.5 Å². The molecule has 45 heavy (non-hydrogen) atoms. The average molecular weight is 691 g/mol. The van der Waals surface area contributed by atoms with E-state index in [9.17, 15) is 59.0 Å². The van der Waals surface area contributed by atoms with E-state index in [4.69, 9.17) is 27.9 Å². The van der Waals surface area contributed by atoms with Crippen LogP contribution in [0, 0.1) is 0 Å². The number of carboxylic acids is 1. The van der Waals surface area contributed by atoms with Crippen molar-refractivity contribution in [1.29, 1.82) is 0 Å². The highest BCUT2D eigenvalue weighted by atomic mass is 35.5. The number of anilines is 1. The summed E-state index contributed by atoms with van der Waals surface area (Å²) in [7, 11) is 1.05. The summed E-state index contributed by atoms with van der Waals surface area (Å²) in [5.74, 6) is -5.36. The lowest BCUT2D eigenvalue weighted by atomic mass is 9.91. The van der Waals surface area contributed by atoms with Crippen LogP contribution in [0.25, 0.3) is 0 Å². The fourth-order valence-corrected chi connectivity index (χ4v) is 4.56. The van der Waals surface area contributed by atoms with Crippen LogP contribution in [0.4, 0.5) is 45.2 Å². The lowest BCUT2D eigenvalue weighted by Gasteiger charge is -2.31. The van der Waals surface area contributed by atoms with Crippen LogP contribution in [0.3, 0.4) is 0 Å². The molecule has 0 saturated carbocycles. The fraction of sp³-hybridized carbons (Fsp3) is 0.222. The highest BCUT2D eigenvalue weighted by Crippen LogP contribution is 2.54. The second-order valence-electron chi connectivity index (χ2n) is 8.89. The molecule has 0 saturated heterocycles. The summed E-state index contributed by atoms with van der Waals surface area (Å²) in [4.78, 5) is 37.0. The predicted octanol–water partition coefficient (Wildman–Crippen LogP) is 6.93. The number of aromatic carboxylic acids is 1. The summed E-state index contributed by atoms with van der Waals surface area (Å²) in [5.41, 5.74) is -10.2. The van der Waals surface area contributed by atoms with Crippen LogP contribution in [0.5, 0.6) is 11.5 Å². The molecule has 0 heterocycles. The molecular formula is C27H15Cl2F9NO6-. The predicted molar refractivity (Wildman–Crippen MR) is 138 cm³/mol. The first-order chi connectivity index (χ1) is 20.7. The van der Waals surface area contributed by atoms with Crippen LogP contribution >= 0.6 is 23.2 Å². The molecule has 1 N–H and O–H groups in total. The first kappa shape index (κ1) is 35.3. The number of hydrogen-bond donors (Lipinski definition) is 1. The number of para-hydroxylation sites is 1. The van der Waals surface area contributed by atoms with Crippen LogP contribution in [0.1, 0.15) is 42.2 Å². The molecule has 18 heteroatoms. The first-order valence-corrected chi connectivity index (χ1v) is 12.6. The normalized spacial score (nSPS) is 12.2. The Balaban J connectivity index is 2.04. The summed E-state index contributed by atoms with van der Waals surface area (Å²) in [6.45, 7) is -3.85. The molecular weight excluding hydrogens is 676 g/mol. The van der Waals surface area contributed by atoms with Crippen LogP contribution in [0.15, 0.2) is 48.5 Å². The number of ether oxygens (including phenoxy) is 2. The summed E-state index contributed by atoms with van der Waals surface area (Å²) in [6.07, 6.45) is -14.3. The highest BCUT2D eigenvalue weighted by Gasteiger charge is 2.73. The Labute approximate surface area is 256 Å². The number of halogens is 11. The van der Waals surface area contributed by atoms with E-state index in [0.29, 0.717) is 0 Å². The maximum absolute atomic E-state index is 14.6.